The Balaban J connectivity index is 2.06. The number of hydrazone groups is 1. The lowest BCUT2D eigenvalue weighted by Crippen LogP contribution is -2.17. The first kappa shape index (κ1) is 14.0. The number of amides is 1. The van der Waals surface area contributed by atoms with Crippen LogP contribution in [0.1, 0.15) is 15.9 Å². The summed E-state index contributed by atoms with van der Waals surface area (Å²) < 4.78 is 13.4. The molecule has 0 spiro atoms. The molecular formula is C14H11ClFN3O. The van der Waals surface area contributed by atoms with Crippen molar-refractivity contribution in [3.05, 3.63) is 64.4 Å². The van der Waals surface area contributed by atoms with Crippen molar-refractivity contribution in [3.63, 3.8) is 0 Å². The van der Waals surface area contributed by atoms with Gasteiger partial charge in [0.25, 0.3) is 5.91 Å². The molecule has 0 bridgehead atoms. The molecule has 0 heterocycles. The second kappa shape index (κ2) is 6.16. The van der Waals surface area contributed by atoms with E-state index in [-0.39, 0.29) is 10.6 Å². The van der Waals surface area contributed by atoms with Gasteiger partial charge in [-0.25, -0.2) is 9.82 Å². The molecule has 102 valence electrons. The Hall–Kier alpha value is -2.40. The van der Waals surface area contributed by atoms with Gasteiger partial charge < -0.3 is 5.73 Å². The Morgan fingerprint density at radius 2 is 1.95 bits per heavy atom. The van der Waals surface area contributed by atoms with Crippen molar-refractivity contribution in [3.8, 4) is 0 Å². The highest BCUT2D eigenvalue weighted by atomic mass is 35.5. The normalized spacial score (nSPS) is 10.7. The van der Waals surface area contributed by atoms with Crippen LogP contribution in [0.2, 0.25) is 5.02 Å². The van der Waals surface area contributed by atoms with E-state index >= 15 is 0 Å². The average molecular weight is 292 g/mol. The second-order valence-corrected chi connectivity index (χ2v) is 4.36. The Bertz CT molecular complexity index is 636. The Morgan fingerprint density at radius 3 is 2.60 bits per heavy atom. The number of nitrogen functional groups attached to an aromatic ring is 1. The van der Waals surface area contributed by atoms with Gasteiger partial charge >= 0.3 is 0 Å². The third kappa shape index (κ3) is 3.33. The Kier molecular flexibility index (Phi) is 4.32. The molecule has 0 unspecified atom stereocenters. The van der Waals surface area contributed by atoms with E-state index in [1.807, 2.05) is 0 Å². The van der Waals surface area contributed by atoms with Gasteiger partial charge in [0.1, 0.15) is 5.82 Å². The van der Waals surface area contributed by atoms with E-state index in [1.54, 1.807) is 24.3 Å². The molecule has 0 fully saturated rings. The van der Waals surface area contributed by atoms with Gasteiger partial charge in [0, 0.05) is 16.8 Å². The summed E-state index contributed by atoms with van der Waals surface area (Å²) in [4.78, 5) is 11.7. The monoisotopic (exact) mass is 291 g/mol. The zero-order valence-electron chi connectivity index (χ0n) is 10.3. The van der Waals surface area contributed by atoms with Crippen molar-refractivity contribution < 1.29 is 9.18 Å². The number of nitrogens with zero attached hydrogens (tertiary/aromatic N) is 1. The lowest BCUT2D eigenvalue weighted by atomic mass is 10.2. The molecule has 0 aliphatic rings. The van der Waals surface area contributed by atoms with E-state index in [4.69, 9.17) is 17.3 Å². The van der Waals surface area contributed by atoms with Gasteiger partial charge in [-0.15, -0.1) is 0 Å². The quantitative estimate of drug-likeness (QED) is 0.519. The molecule has 0 aliphatic heterocycles. The van der Waals surface area contributed by atoms with Gasteiger partial charge in [0.15, 0.2) is 0 Å². The summed E-state index contributed by atoms with van der Waals surface area (Å²) in [6.45, 7) is 0. The van der Waals surface area contributed by atoms with Crippen LogP contribution in [0, 0.1) is 5.82 Å². The summed E-state index contributed by atoms with van der Waals surface area (Å²) in [5.41, 5.74) is 8.88. The smallest absolute Gasteiger partial charge is 0.271 e. The molecule has 3 N–H and O–H groups in total. The fourth-order valence-electron chi connectivity index (χ4n) is 1.49. The number of hydrogen-bond donors (Lipinski definition) is 2. The van der Waals surface area contributed by atoms with Gasteiger partial charge in [-0.2, -0.15) is 5.10 Å². The number of carbonyl (C=O) groups excluding carboxylic acids is 1. The minimum absolute atomic E-state index is 0.117. The first-order valence-corrected chi connectivity index (χ1v) is 6.08. The summed E-state index contributed by atoms with van der Waals surface area (Å²) in [6.07, 6.45) is 1.16. The van der Waals surface area contributed by atoms with Crippen LogP contribution in [-0.2, 0) is 0 Å². The number of carbonyl (C=O) groups is 1. The van der Waals surface area contributed by atoms with Crippen LogP contribution in [0.25, 0.3) is 0 Å². The van der Waals surface area contributed by atoms with Crippen molar-refractivity contribution in [2.24, 2.45) is 5.10 Å². The van der Waals surface area contributed by atoms with Crippen molar-refractivity contribution in [1.82, 2.24) is 5.43 Å². The van der Waals surface area contributed by atoms with Crippen LogP contribution < -0.4 is 11.2 Å². The average Bonchev–Trinajstić information content (AvgIpc) is 2.42. The molecule has 0 saturated carbocycles. The summed E-state index contributed by atoms with van der Waals surface area (Å²) in [6, 6.07) is 10.6. The third-order valence-corrected chi connectivity index (χ3v) is 2.86. The number of nitrogens with two attached hydrogens (primary N) is 1. The fourth-order valence-corrected chi connectivity index (χ4v) is 1.70. The predicted molar refractivity (Wildman–Crippen MR) is 77.3 cm³/mol. The predicted octanol–water partition coefficient (Wildman–Crippen LogP) is 2.83. The van der Waals surface area contributed by atoms with Gasteiger partial charge in [0.2, 0.25) is 0 Å². The van der Waals surface area contributed by atoms with Crippen LogP contribution in [0.15, 0.2) is 47.6 Å². The molecule has 2 aromatic carbocycles. The lowest BCUT2D eigenvalue weighted by Gasteiger charge is -2.01. The molecule has 0 atom stereocenters. The van der Waals surface area contributed by atoms with E-state index in [0.29, 0.717) is 11.3 Å². The van der Waals surface area contributed by atoms with Gasteiger partial charge in [-0.3, -0.25) is 4.79 Å². The Labute approximate surface area is 120 Å². The molecule has 6 heteroatoms. The lowest BCUT2D eigenvalue weighted by molar-refractivity contribution is 0.0955. The van der Waals surface area contributed by atoms with E-state index in [2.05, 4.69) is 10.5 Å². The standard InChI is InChI=1S/C14H11ClFN3O/c15-12-2-1-3-13(16)11(12)8-18-19-14(20)9-4-6-10(17)7-5-9/h1-8H,17H2,(H,19,20)/b18-8+. The summed E-state index contributed by atoms with van der Waals surface area (Å²) in [5.74, 6) is -0.934. The molecule has 20 heavy (non-hydrogen) atoms. The molecular weight excluding hydrogens is 281 g/mol. The van der Waals surface area contributed by atoms with Crippen molar-refractivity contribution >= 4 is 29.4 Å². The van der Waals surface area contributed by atoms with Crippen LogP contribution in [0.5, 0.6) is 0 Å². The number of rotatable bonds is 3. The fraction of sp³-hybridized carbons (Fsp3) is 0. The summed E-state index contributed by atoms with van der Waals surface area (Å²) in [5, 5.41) is 3.90. The van der Waals surface area contributed by atoms with Crippen LogP contribution in [-0.4, -0.2) is 12.1 Å². The summed E-state index contributed by atoms with van der Waals surface area (Å²) >= 11 is 5.82. The maximum atomic E-state index is 13.4. The highest BCUT2D eigenvalue weighted by Gasteiger charge is 2.05. The minimum Gasteiger partial charge on any atom is -0.399 e. The van der Waals surface area contributed by atoms with E-state index < -0.39 is 11.7 Å². The van der Waals surface area contributed by atoms with Crippen molar-refractivity contribution in [1.29, 1.82) is 0 Å². The first-order valence-electron chi connectivity index (χ1n) is 5.71. The third-order valence-electron chi connectivity index (χ3n) is 2.53. The topological polar surface area (TPSA) is 67.5 Å². The summed E-state index contributed by atoms with van der Waals surface area (Å²) in [7, 11) is 0. The largest absolute Gasteiger partial charge is 0.399 e. The van der Waals surface area contributed by atoms with Crippen LogP contribution >= 0.6 is 11.6 Å². The highest BCUT2D eigenvalue weighted by molar-refractivity contribution is 6.33. The molecule has 2 rings (SSSR count). The van der Waals surface area contributed by atoms with E-state index in [1.165, 1.54) is 18.2 Å². The van der Waals surface area contributed by atoms with Gasteiger partial charge in [-0.05, 0) is 36.4 Å². The number of benzene rings is 2. The maximum absolute atomic E-state index is 13.4. The highest BCUT2D eigenvalue weighted by Crippen LogP contribution is 2.16. The van der Waals surface area contributed by atoms with Crippen molar-refractivity contribution in [2.45, 2.75) is 0 Å². The van der Waals surface area contributed by atoms with Crippen molar-refractivity contribution in [2.75, 3.05) is 5.73 Å². The molecule has 0 radical (unpaired) electrons. The Morgan fingerprint density at radius 1 is 1.25 bits per heavy atom. The number of halogens is 2. The molecule has 2 aromatic rings. The SMILES string of the molecule is Nc1ccc(C(=O)N/N=C/c2c(F)cccc2Cl)cc1. The number of nitrogens with one attached hydrogen (secondary N) is 1. The van der Waals surface area contributed by atoms with Gasteiger partial charge in [0.05, 0.1) is 11.2 Å². The zero-order chi connectivity index (χ0) is 14.5. The molecule has 0 aliphatic carbocycles. The number of anilines is 1. The van der Waals surface area contributed by atoms with E-state index in [9.17, 15) is 9.18 Å². The molecule has 4 nitrogen and oxygen atoms in total. The van der Waals surface area contributed by atoms with E-state index in [0.717, 1.165) is 6.21 Å². The molecule has 0 aromatic heterocycles. The number of hydrogen-bond acceptors (Lipinski definition) is 3. The first-order chi connectivity index (χ1) is 9.58. The molecule has 0 saturated heterocycles. The maximum Gasteiger partial charge on any atom is 0.271 e. The minimum atomic E-state index is -0.511. The zero-order valence-corrected chi connectivity index (χ0v) is 11.1. The van der Waals surface area contributed by atoms with Crippen LogP contribution in [0.3, 0.4) is 0 Å². The second-order valence-electron chi connectivity index (χ2n) is 3.96. The van der Waals surface area contributed by atoms with Gasteiger partial charge in [-0.1, -0.05) is 17.7 Å². The molecule has 1 amide bonds. The van der Waals surface area contributed by atoms with Crippen LogP contribution in [0.4, 0.5) is 10.1 Å².